The van der Waals surface area contributed by atoms with Crippen LogP contribution in [0.3, 0.4) is 0 Å². The molecule has 1 aliphatic heterocycles. The van der Waals surface area contributed by atoms with Gasteiger partial charge in [0.2, 0.25) is 10.0 Å². The molecule has 1 fully saturated rings. The van der Waals surface area contributed by atoms with Gasteiger partial charge in [-0.25, -0.2) is 13.1 Å². The zero-order chi connectivity index (χ0) is 9.03. The SMILES string of the molecule is CCNS(=O)(=O)CN1CCCC1. The van der Waals surface area contributed by atoms with Gasteiger partial charge in [0.05, 0.1) is 0 Å². The van der Waals surface area contributed by atoms with Crippen molar-refractivity contribution in [1.29, 1.82) is 0 Å². The van der Waals surface area contributed by atoms with Crippen LogP contribution in [0.25, 0.3) is 0 Å². The summed E-state index contributed by atoms with van der Waals surface area (Å²) in [5.41, 5.74) is 0. The number of hydrogen-bond acceptors (Lipinski definition) is 3. The Bertz CT molecular complexity index is 220. The predicted molar refractivity (Wildman–Crippen MR) is 48.3 cm³/mol. The molecule has 0 aromatic carbocycles. The third-order valence-corrected chi connectivity index (χ3v) is 3.35. The zero-order valence-corrected chi connectivity index (χ0v) is 8.23. The van der Waals surface area contributed by atoms with Crippen molar-refractivity contribution in [3.05, 3.63) is 0 Å². The van der Waals surface area contributed by atoms with Crippen LogP contribution in [-0.4, -0.2) is 38.8 Å². The first kappa shape index (κ1) is 9.95. The maximum Gasteiger partial charge on any atom is 0.224 e. The molecule has 72 valence electrons. The second-order valence-electron chi connectivity index (χ2n) is 3.07. The highest BCUT2D eigenvalue weighted by atomic mass is 32.2. The van der Waals surface area contributed by atoms with Gasteiger partial charge >= 0.3 is 0 Å². The maximum absolute atomic E-state index is 11.2. The van der Waals surface area contributed by atoms with Crippen LogP contribution in [-0.2, 0) is 10.0 Å². The van der Waals surface area contributed by atoms with Gasteiger partial charge in [-0.1, -0.05) is 6.92 Å². The molecule has 0 radical (unpaired) electrons. The molecule has 0 aromatic rings. The van der Waals surface area contributed by atoms with Crippen LogP contribution < -0.4 is 4.72 Å². The lowest BCUT2D eigenvalue weighted by Crippen LogP contribution is -2.35. The molecule has 0 atom stereocenters. The van der Waals surface area contributed by atoms with Crippen LogP contribution in [0.1, 0.15) is 19.8 Å². The number of rotatable bonds is 4. The highest BCUT2D eigenvalue weighted by molar-refractivity contribution is 7.89. The van der Waals surface area contributed by atoms with Gasteiger partial charge in [-0.2, -0.15) is 0 Å². The van der Waals surface area contributed by atoms with Crippen molar-refractivity contribution < 1.29 is 8.42 Å². The largest absolute Gasteiger partial charge is 0.289 e. The molecule has 0 spiro atoms. The van der Waals surface area contributed by atoms with E-state index in [1.807, 2.05) is 4.90 Å². The number of likely N-dealkylation sites (tertiary alicyclic amines) is 1. The number of hydrogen-bond donors (Lipinski definition) is 1. The molecule has 1 saturated heterocycles. The molecule has 1 aliphatic rings. The molecule has 0 aromatic heterocycles. The monoisotopic (exact) mass is 192 g/mol. The molecule has 4 nitrogen and oxygen atoms in total. The van der Waals surface area contributed by atoms with Crippen molar-refractivity contribution in [2.24, 2.45) is 0 Å². The molecular formula is C7H16N2O2S. The second kappa shape index (κ2) is 4.20. The summed E-state index contributed by atoms with van der Waals surface area (Å²) >= 11 is 0. The van der Waals surface area contributed by atoms with E-state index in [1.165, 1.54) is 0 Å². The van der Waals surface area contributed by atoms with E-state index in [1.54, 1.807) is 6.92 Å². The van der Waals surface area contributed by atoms with Gasteiger partial charge in [-0.05, 0) is 25.9 Å². The van der Waals surface area contributed by atoms with Gasteiger partial charge in [0.25, 0.3) is 0 Å². The van der Waals surface area contributed by atoms with Crippen LogP contribution in [0.2, 0.25) is 0 Å². The predicted octanol–water partition coefficient (Wildman–Crippen LogP) is -0.0210. The molecule has 12 heavy (non-hydrogen) atoms. The Morgan fingerprint density at radius 3 is 2.42 bits per heavy atom. The molecular weight excluding hydrogens is 176 g/mol. The summed E-state index contributed by atoms with van der Waals surface area (Å²) in [6, 6.07) is 0. The van der Waals surface area contributed by atoms with E-state index in [0.717, 1.165) is 25.9 Å². The van der Waals surface area contributed by atoms with Crippen LogP contribution in [0.4, 0.5) is 0 Å². The summed E-state index contributed by atoms with van der Waals surface area (Å²) in [6.45, 7) is 4.12. The smallest absolute Gasteiger partial charge is 0.224 e. The van der Waals surface area contributed by atoms with E-state index >= 15 is 0 Å². The number of nitrogens with one attached hydrogen (secondary N) is 1. The highest BCUT2D eigenvalue weighted by Gasteiger charge is 2.18. The van der Waals surface area contributed by atoms with Gasteiger partial charge in [0.15, 0.2) is 0 Å². The summed E-state index contributed by atoms with van der Waals surface area (Å²) in [7, 11) is -3.04. The third kappa shape index (κ3) is 3.08. The molecule has 1 heterocycles. The van der Waals surface area contributed by atoms with Crippen molar-refractivity contribution in [1.82, 2.24) is 9.62 Å². The number of nitrogens with zero attached hydrogens (tertiary/aromatic N) is 1. The molecule has 0 bridgehead atoms. The van der Waals surface area contributed by atoms with E-state index in [9.17, 15) is 8.42 Å². The Hall–Kier alpha value is -0.130. The van der Waals surface area contributed by atoms with Crippen LogP contribution in [0.15, 0.2) is 0 Å². The van der Waals surface area contributed by atoms with E-state index in [4.69, 9.17) is 0 Å². The molecule has 0 saturated carbocycles. The standard InChI is InChI=1S/C7H16N2O2S/c1-2-8-12(10,11)7-9-5-3-4-6-9/h8H,2-7H2,1H3. The van der Waals surface area contributed by atoms with Gasteiger partial charge in [-0.3, -0.25) is 4.90 Å². The Kier molecular flexibility index (Phi) is 3.49. The van der Waals surface area contributed by atoms with Crippen LogP contribution in [0.5, 0.6) is 0 Å². The summed E-state index contributed by atoms with van der Waals surface area (Å²) in [4.78, 5) is 1.97. The van der Waals surface area contributed by atoms with E-state index in [-0.39, 0.29) is 5.88 Å². The minimum absolute atomic E-state index is 0.167. The summed E-state index contributed by atoms with van der Waals surface area (Å²) in [5, 5.41) is 0. The second-order valence-corrected chi connectivity index (χ2v) is 4.84. The lowest BCUT2D eigenvalue weighted by molar-refractivity contribution is 0.386. The first-order valence-electron chi connectivity index (χ1n) is 4.34. The maximum atomic E-state index is 11.2. The van der Waals surface area contributed by atoms with Crippen LogP contribution >= 0.6 is 0 Å². The Labute approximate surface area is 74.0 Å². The van der Waals surface area contributed by atoms with Crippen molar-refractivity contribution in [3.63, 3.8) is 0 Å². The highest BCUT2D eigenvalue weighted by Crippen LogP contribution is 2.07. The van der Waals surface area contributed by atoms with Gasteiger partial charge in [-0.15, -0.1) is 0 Å². The van der Waals surface area contributed by atoms with Crippen LogP contribution in [0, 0.1) is 0 Å². The fourth-order valence-electron chi connectivity index (χ4n) is 1.42. The Morgan fingerprint density at radius 2 is 1.92 bits per heavy atom. The average Bonchev–Trinajstić information content (AvgIpc) is 2.38. The van der Waals surface area contributed by atoms with E-state index in [0.29, 0.717) is 6.54 Å². The quantitative estimate of drug-likeness (QED) is 0.681. The van der Waals surface area contributed by atoms with Crippen molar-refractivity contribution >= 4 is 10.0 Å². The van der Waals surface area contributed by atoms with E-state index in [2.05, 4.69) is 4.72 Å². The summed E-state index contributed by atoms with van der Waals surface area (Å²) in [6.07, 6.45) is 2.25. The zero-order valence-electron chi connectivity index (χ0n) is 7.41. The lowest BCUT2D eigenvalue weighted by Gasteiger charge is -2.14. The lowest BCUT2D eigenvalue weighted by atomic mass is 10.4. The van der Waals surface area contributed by atoms with Gasteiger partial charge in [0.1, 0.15) is 5.88 Å². The Morgan fingerprint density at radius 1 is 1.33 bits per heavy atom. The molecule has 1 N–H and O–H groups in total. The van der Waals surface area contributed by atoms with E-state index < -0.39 is 10.0 Å². The minimum atomic E-state index is -3.04. The average molecular weight is 192 g/mol. The summed E-state index contributed by atoms with van der Waals surface area (Å²) < 4.78 is 24.9. The Balaban J connectivity index is 2.38. The first-order valence-corrected chi connectivity index (χ1v) is 5.99. The minimum Gasteiger partial charge on any atom is -0.289 e. The third-order valence-electron chi connectivity index (χ3n) is 1.92. The molecule has 0 amide bonds. The fraction of sp³-hybridized carbons (Fsp3) is 1.00. The van der Waals surface area contributed by atoms with Crippen molar-refractivity contribution in [2.75, 3.05) is 25.5 Å². The normalized spacial score (nSPS) is 20.1. The topological polar surface area (TPSA) is 49.4 Å². The molecule has 0 unspecified atom stereocenters. The molecule has 5 heteroatoms. The molecule has 0 aliphatic carbocycles. The van der Waals surface area contributed by atoms with Gasteiger partial charge < -0.3 is 0 Å². The molecule has 1 rings (SSSR count). The van der Waals surface area contributed by atoms with Crippen molar-refractivity contribution in [2.45, 2.75) is 19.8 Å². The van der Waals surface area contributed by atoms with Gasteiger partial charge in [0, 0.05) is 6.54 Å². The summed E-state index contributed by atoms with van der Waals surface area (Å²) in [5.74, 6) is 0.167. The number of sulfonamides is 1. The first-order chi connectivity index (χ1) is 5.64. The van der Waals surface area contributed by atoms with Crippen molar-refractivity contribution in [3.8, 4) is 0 Å². The fourth-order valence-corrected chi connectivity index (χ4v) is 2.69.